The Labute approximate surface area is 268 Å². The average Bonchev–Trinajstić information content (AvgIpc) is 3.05. The lowest BCUT2D eigenvalue weighted by Gasteiger charge is -2.42. The first-order chi connectivity index (χ1) is 21.8. The molecule has 4 nitrogen and oxygen atoms in total. The van der Waals surface area contributed by atoms with Gasteiger partial charge in [0, 0.05) is 16.8 Å². The van der Waals surface area contributed by atoms with E-state index in [0.717, 1.165) is 77.6 Å². The zero-order valence-electron chi connectivity index (χ0n) is 26.7. The molecule has 6 rings (SSSR count). The predicted molar refractivity (Wildman–Crippen MR) is 187 cm³/mol. The first kappa shape index (κ1) is 30.3. The maximum atomic E-state index is 6.27. The molecule has 0 radical (unpaired) electrons. The van der Waals surface area contributed by atoms with Crippen molar-refractivity contribution in [2.24, 2.45) is 0 Å². The van der Waals surface area contributed by atoms with Gasteiger partial charge in [-0.1, -0.05) is 61.9 Å². The highest BCUT2D eigenvalue weighted by molar-refractivity contribution is 5.51. The Kier molecular flexibility index (Phi) is 8.84. The number of benzene rings is 5. The van der Waals surface area contributed by atoms with Crippen LogP contribution in [0.4, 0.5) is 11.4 Å². The van der Waals surface area contributed by atoms with Gasteiger partial charge in [-0.2, -0.15) is 0 Å². The van der Waals surface area contributed by atoms with E-state index >= 15 is 0 Å². The highest BCUT2D eigenvalue weighted by atomic mass is 16.5. The third-order valence-corrected chi connectivity index (χ3v) is 9.50. The van der Waals surface area contributed by atoms with Crippen molar-refractivity contribution >= 4 is 11.4 Å². The minimum Gasteiger partial charge on any atom is -0.457 e. The Hall–Kier alpha value is -4.70. The fourth-order valence-corrected chi connectivity index (χ4v) is 6.88. The molecule has 45 heavy (non-hydrogen) atoms. The van der Waals surface area contributed by atoms with Crippen molar-refractivity contribution < 1.29 is 9.47 Å². The van der Waals surface area contributed by atoms with Crippen LogP contribution in [0.3, 0.4) is 0 Å². The van der Waals surface area contributed by atoms with Gasteiger partial charge in [0.05, 0.1) is 0 Å². The van der Waals surface area contributed by atoms with Crippen LogP contribution in [0.1, 0.15) is 78.3 Å². The van der Waals surface area contributed by atoms with Crippen LogP contribution in [0, 0.1) is 13.8 Å². The molecule has 0 bridgehead atoms. The smallest absolute Gasteiger partial charge is 0.130 e. The third kappa shape index (κ3) is 6.71. The number of rotatable bonds is 9. The van der Waals surface area contributed by atoms with Crippen LogP contribution in [-0.4, -0.2) is 0 Å². The summed E-state index contributed by atoms with van der Waals surface area (Å²) >= 11 is 0. The molecule has 0 atom stereocenters. The summed E-state index contributed by atoms with van der Waals surface area (Å²) in [5.41, 5.74) is 20.9. The third-order valence-electron chi connectivity index (χ3n) is 9.50. The van der Waals surface area contributed by atoms with Gasteiger partial charge >= 0.3 is 0 Å². The van der Waals surface area contributed by atoms with Gasteiger partial charge in [0.25, 0.3) is 0 Å². The molecule has 5 aromatic rings. The van der Waals surface area contributed by atoms with Crippen LogP contribution in [0.15, 0.2) is 109 Å². The molecule has 0 saturated heterocycles. The van der Waals surface area contributed by atoms with Crippen molar-refractivity contribution in [3.8, 4) is 23.0 Å². The van der Waals surface area contributed by atoms with Gasteiger partial charge in [-0.25, -0.2) is 0 Å². The summed E-state index contributed by atoms with van der Waals surface area (Å²) in [7, 11) is 0. The molecule has 4 N–H and O–H groups in total. The highest BCUT2D eigenvalue weighted by Gasteiger charge is 2.39. The van der Waals surface area contributed by atoms with Crippen LogP contribution in [-0.2, 0) is 11.8 Å². The highest BCUT2D eigenvalue weighted by Crippen LogP contribution is 2.50. The lowest BCUT2D eigenvalue weighted by molar-refractivity contribution is 0.314. The molecule has 0 aliphatic heterocycles. The quantitative estimate of drug-likeness (QED) is 0.166. The molecule has 1 aliphatic carbocycles. The maximum absolute atomic E-state index is 6.27. The summed E-state index contributed by atoms with van der Waals surface area (Å²) in [5.74, 6) is 3.86. The van der Waals surface area contributed by atoms with Crippen molar-refractivity contribution in [3.63, 3.8) is 0 Å². The van der Waals surface area contributed by atoms with E-state index < -0.39 is 0 Å². The summed E-state index contributed by atoms with van der Waals surface area (Å²) in [4.78, 5) is 0. The van der Waals surface area contributed by atoms with Crippen molar-refractivity contribution in [3.05, 3.63) is 143 Å². The first-order valence-electron chi connectivity index (χ1n) is 16.2. The number of ether oxygens (including phenoxy) is 2. The lowest BCUT2D eigenvalue weighted by atomic mass is 9.62. The Morgan fingerprint density at radius 2 is 1.09 bits per heavy atom. The molecule has 0 aromatic heterocycles. The summed E-state index contributed by atoms with van der Waals surface area (Å²) in [6.07, 6.45) is 6.74. The number of hydrogen-bond acceptors (Lipinski definition) is 4. The molecule has 1 saturated carbocycles. The van der Waals surface area contributed by atoms with Gasteiger partial charge < -0.3 is 20.9 Å². The fourth-order valence-electron chi connectivity index (χ4n) is 6.88. The predicted octanol–water partition coefficient (Wildman–Crippen LogP) is 10.6. The summed E-state index contributed by atoms with van der Waals surface area (Å²) in [6, 6.07) is 38.0. The zero-order valence-corrected chi connectivity index (χ0v) is 26.7. The monoisotopic (exact) mass is 596 g/mol. The molecule has 0 spiro atoms. The SMILES string of the molecule is CCCc1ccc(C2CCC(c3ccc(Oc4ccc(N)cc4)c(C)c3)(c3ccc(Oc4ccc(N)cc4)c(C)c3)CC2)cc1. The molecule has 1 aliphatic rings. The summed E-state index contributed by atoms with van der Waals surface area (Å²) < 4.78 is 12.5. The number of nitrogen functional groups attached to an aromatic ring is 2. The Balaban J connectivity index is 1.31. The Morgan fingerprint density at radius 3 is 1.51 bits per heavy atom. The van der Waals surface area contributed by atoms with E-state index in [-0.39, 0.29) is 5.41 Å². The molecular formula is C41H44N2O2. The molecule has 230 valence electrons. The van der Waals surface area contributed by atoms with Crippen molar-refractivity contribution in [2.45, 2.75) is 70.6 Å². The molecular weight excluding hydrogens is 552 g/mol. The molecule has 1 fully saturated rings. The topological polar surface area (TPSA) is 70.5 Å². The van der Waals surface area contributed by atoms with Gasteiger partial charge in [0.2, 0.25) is 0 Å². The van der Waals surface area contributed by atoms with Gasteiger partial charge in [-0.05, 0) is 146 Å². The summed E-state index contributed by atoms with van der Waals surface area (Å²) in [5, 5.41) is 0. The van der Waals surface area contributed by atoms with E-state index in [1.165, 1.54) is 28.7 Å². The van der Waals surface area contributed by atoms with Gasteiger partial charge in [0.15, 0.2) is 0 Å². The van der Waals surface area contributed by atoms with E-state index in [9.17, 15) is 0 Å². The summed E-state index contributed by atoms with van der Waals surface area (Å²) in [6.45, 7) is 6.52. The maximum Gasteiger partial charge on any atom is 0.130 e. The second-order valence-corrected chi connectivity index (χ2v) is 12.7. The van der Waals surface area contributed by atoms with Gasteiger partial charge in [-0.3, -0.25) is 0 Å². The number of hydrogen-bond donors (Lipinski definition) is 2. The largest absolute Gasteiger partial charge is 0.457 e. The Bertz CT molecular complexity index is 1630. The standard InChI is InChI=1S/C41H44N2O2/c1-4-5-30-6-8-31(9-7-30)32-22-24-41(25-23-32,33-10-20-39(28(2)26-33)44-37-16-12-35(42)13-17-37)34-11-21-40(29(3)27-34)45-38-18-14-36(43)15-19-38/h6-21,26-27,32H,4-5,22-25,42-43H2,1-3H3. The van der Waals surface area contributed by atoms with Crippen molar-refractivity contribution in [2.75, 3.05) is 11.5 Å². The number of aryl methyl sites for hydroxylation is 3. The van der Waals surface area contributed by atoms with E-state index in [1.54, 1.807) is 0 Å². The normalized spacial score (nSPS) is 14.6. The molecule has 0 unspecified atom stereocenters. The molecule has 0 amide bonds. The lowest BCUT2D eigenvalue weighted by Crippen LogP contribution is -2.33. The van der Waals surface area contributed by atoms with E-state index in [0.29, 0.717) is 5.92 Å². The van der Waals surface area contributed by atoms with Crippen molar-refractivity contribution in [1.29, 1.82) is 0 Å². The fraction of sp³-hybridized carbons (Fsp3) is 0.268. The van der Waals surface area contributed by atoms with Crippen molar-refractivity contribution in [1.82, 2.24) is 0 Å². The molecule has 4 heteroatoms. The first-order valence-corrected chi connectivity index (χ1v) is 16.2. The average molecular weight is 597 g/mol. The number of nitrogens with two attached hydrogens (primary N) is 2. The molecule has 0 heterocycles. The van der Waals surface area contributed by atoms with Crippen LogP contribution < -0.4 is 20.9 Å². The van der Waals surface area contributed by atoms with Crippen LogP contribution >= 0.6 is 0 Å². The Morgan fingerprint density at radius 1 is 0.622 bits per heavy atom. The zero-order chi connectivity index (χ0) is 31.4. The minimum atomic E-state index is -0.104. The van der Waals surface area contributed by atoms with Gasteiger partial charge in [-0.15, -0.1) is 0 Å². The van der Waals surface area contributed by atoms with Crippen LogP contribution in [0.5, 0.6) is 23.0 Å². The van der Waals surface area contributed by atoms with E-state index in [4.69, 9.17) is 20.9 Å². The van der Waals surface area contributed by atoms with E-state index in [2.05, 4.69) is 81.4 Å². The van der Waals surface area contributed by atoms with Crippen LogP contribution in [0.2, 0.25) is 0 Å². The minimum absolute atomic E-state index is 0.104. The van der Waals surface area contributed by atoms with Crippen LogP contribution in [0.25, 0.3) is 0 Å². The second kappa shape index (κ2) is 13.1. The second-order valence-electron chi connectivity index (χ2n) is 12.7. The molecule has 5 aromatic carbocycles. The van der Waals surface area contributed by atoms with Gasteiger partial charge in [0.1, 0.15) is 23.0 Å². The number of anilines is 2. The van der Waals surface area contributed by atoms with E-state index in [1.807, 2.05) is 48.5 Å².